The number of hydrazine groups is 2. The lowest BCUT2D eigenvalue weighted by molar-refractivity contribution is -0.116. The second-order valence-corrected chi connectivity index (χ2v) is 5.13. The smallest absolute Gasteiger partial charge is 0.387 e. The van der Waals surface area contributed by atoms with Gasteiger partial charge < -0.3 is 10.1 Å². The van der Waals surface area contributed by atoms with Crippen LogP contribution in [-0.4, -0.2) is 36.4 Å². The van der Waals surface area contributed by atoms with Gasteiger partial charge in [-0.2, -0.15) is 8.78 Å². The largest absolute Gasteiger partial charge is 0.433 e. The minimum atomic E-state index is -3.12. The van der Waals surface area contributed by atoms with Crippen LogP contribution < -0.4 is 26.4 Å². The monoisotopic (exact) mass is 376 g/mol. The van der Waals surface area contributed by atoms with E-state index in [0.717, 1.165) is 6.07 Å². The van der Waals surface area contributed by atoms with E-state index in [1.165, 1.54) is 11.1 Å². The molecule has 0 fully saturated rings. The van der Waals surface area contributed by atoms with Crippen molar-refractivity contribution in [2.45, 2.75) is 20.0 Å². The van der Waals surface area contributed by atoms with E-state index in [9.17, 15) is 18.4 Å². The van der Waals surface area contributed by atoms with Crippen molar-refractivity contribution >= 4 is 35.1 Å². The molecule has 0 aliphatic carbocycles. The van der Waals surface area contributed by atoms with Crippen molar-refractivity contribution in [2.75, 3.05) is 12.4 Å². The molecule has 1 aromatic rings. The number of amides is 2. The molecule has 1 aliphatic rings. The Balaban J connectivity index is 2.33. The van der Waals surface area contributed by atoms with Gasteiger partial charge in [-0.25, -0.2) is 5.53 Å². The molecule has 1 aliphatic heterocycles. The van der Waals surface area contributed by atoms with Crippen LogP contribution in [0.15, 0.2) is 17.2 Å². The highest BCUT2D eigenvalue weighted by Gasteiger charge is 2.23. The van der Waals surface area contributed by atoms with Gasteiger partial charge in [0, 0.05) is 13.5 Å². The molecule has 1 aromatic carbocycles. The molecule has 9 nitrogen and oxygen atoms in total. The van der Waals surface area contributed by atoms with Gasteiger partial charge in [-0.3, -0.25) is 19.9 Å². The summed E-state index contributed by atoms with van der Waals surface area (Å²) in [5.74, 6) is -1.33. The van der Waals surface area contributed by atoms with Gasteiger partial charge in [-0.05, 0) is 12.1 Å². The fourth-order valence-electron chi connectivity index (χ4n) is 1.83. The second kappa shape index (κ2) is 7.94. The van der Waals surface area contributed by atoms with E-state index >= 15 is 0 Å². The summed E-state index contributed by atoms with van der Waals surface area (Å²) in [4.78, 5) is 24.0. The van der Waals surface area contributed by atoms with Crippen molar-refractivity contribution in [1.82, 2.24) is 21.4 Å². The van der Waals surface area contributed by atoms with Gasteiger partial charge in [0.25, 0.3) is 5.91 Å². The van der Waals surface area contributed by atoms with Crippen LogP contribution in [0.1, 0.15) is 23.7 Å². The maximum absolute atomic E-state index is 12.5. The van der Waals surface area contributed by atoms with Gasteiger partial charge >= 0.3 is 6.61 Å². The van der Waals surface area contributed by atoms with Crippen LogP contribution in [0.25, 0.3) is 0 Å². The number of ether oxygens (including phenoxy) is 1. The fourth-order valence-corrected chi connectivity index (χ4v) is 2.12. The van der Waals surface area contributed by atoms with Crippen molar-refractivity contribution in [3.63, 3.8) is 0 Å². The Morgan fingerprint density at radius 3 is 2.68 bits per heavy atom. The minimum Gasteiger partial charge on any atom is -0.433 e. The van der Waals surface area contributed by atoms with Crippen molar-refractivity contribution in [1.29, 1.82) is 0 Å². The number of rotatable bonds is 5. The van der Waals surface area contributed by atoms with Gasteiger partial charge in [-0.15, -0.1) is 10.6 Å². The summed E-state index contributed by atoms with van der Waals surface area (Å²) in [5.41, 5.74) is 4.75. The summed E-state index contributed by atoms with van der Waals surface area (Å²) >= 11 is 6.13. The van der Waals surface area contributed by atoms with Crippen molar-refractivity contribution in [3.05, 3.63) is 22.7 Å². The van der Waals surface area contributed by atoms with E-state index in [1.807, 2.05) is 0 Å². The number of hydrazone groups is 1. The Hall–Kier alpha value is -2.66. The van der Waals surface area contributed by atoms with E-state index in [-0.39, 0.29) is 34.4 Å². The first kappa shape index (κ1) is 18.7. The number of hydrogen-bond acceptors (Lipinski definition) is 7. The van der Waals surface area contributed by atoms with Crippen molar-refractivity contribution < 1.29 is 23.1 Å². The molecule has 4 N–H and O–H groups in total. The summed E-state index contributed by atoms with van der Waals surface area (Å²) in [6.45, 7) is -1.55. The van der Waals surface area contributed by atoms with Gasteiger partial charge in [0.2, 0.25) is 11.9 Å². The van der Waals surface area contributed by atoms with Crippen LogP contribution in [0.2, 0.25) is 5.02 Å². The molecular formula is C13H15ClF2N6O3. The van der Waals surface area contributed by atoms with E-state index in [0.29, 0.717) is 0 Å². The second-order valence-electron chi connectivity index (χ2n) is 4.75. The third-order valence-electron chi connectivity index (χ3n) is 3.07. The maximum atomic E-state index is 12.5. The average molecular weight is 377 g/mol. The lowest BCUT2D eigenvalue weighted by Crippen LogP contribution is -2.45. The first-order valence-corrected chi connectivity index (χ1v) is 7.41. The number of nitrogens with zero attached hydrogens (tertiary/aromatic N) is 2. The standard InChI is InChI=1S/C13H15ClF2N6O3/c1-3-8(23)17-10-7(25-12(15)16)5-4-6(9(10)14)11(24)18-13-19-20-21-22(13)2/h4-5,12,20-21H,3H2,1-2H3,(H,17,23)(H,18,19,24). The molecule has 25 heavy (non-hydrogen) atoms. The van der Waals surface area contributed by atoms with Crippen molar-refractivity contribution in [3.8, 4) is 5.75 Å². The predicted molar refractivity (Wildman–Crippen MR) is 85.9 cm³/mol. The third kappa shape index (κ3) is 4.45. The molecule has 0 aromatic heterocycles. The molecule has 2 rings (SSSR count). The van der Waals surface area contributed by atoms with Crippen LogP contribution in [0.5, 0.6) is 5.75 Å². The van der Waals surface area contributed by atoms with Crippen LogP contribution in [0.3, 0.4) is 0 Å². The highest BCUT2D eigenvalue weighted by molar-refractivity contribution is 6.37. The number of halogens is 3. The fraction of sp³-hybridized carbons (Fsp3) is 0.308. The summed E-state index contributed by atoms with van der Waals surface area (Å²) in [5, 5.41) is 9.74. The summed E-state index contributed by atoms with van der Waals surface area (Å²) < 4.78 is 29.4. The number of anilines is 1. The Labute approximate surface area is 146 Å². The Bertz CT molecular complexity index is 715. The Morgan fingerprint density at radius 1 is 1.40 bits per heavy atom. The SMILES string of the molecule is CCC(=O)Nc1c(OC(F)F)ccc(C(=O)NC2=NNNN2C)c1Cl. The number of carbonyl (C=O) groups is 2. The molecule has 0 spiro atoms. The van der Waals surface area contributed by atoms with Gasteiger partial charge in [-0.1, -0.05) is 18.5 Å². The van der Waals surface area contributed by atoms with E-state index in [1.54, 1.807) is 14.0 Å². The molecule has 0 bridgehead atoms. The number of benzene rings is 1. The van der Waals surface area contributed by atoms with E-state index in [4.69, 9.17) is 11.6 Å². The van der Waals surface area contributed by atoms with Crippen LogP contribution >= 0.6 is 11.6 Å². The normalized spacial score (nSPS) is 13.4. The minimum absolute atomic E-state index is 0.0577. The lowest BCUT2D eigenvalue weighted by Gasteiger charge is -2.17. The summed E-state index contributed by atoms with van der Waals surface area (Å²) in [6, 6.07) is 2.32. The number of guanidine groups is 1. The quantitative estimate of drug-likeness (QED) is 0.616. The Kier molecular flexibility index (Phi) is 5.93. The molecule has 0 radical (unpaired) electrons. The molecule has 0 unspecified atom stereocenters. The first-order chi connectivity index (χ1) is 11.8. The van der Waals surface area contributed by atoms with E-state index in [2.05, 4.69) is 31.5 Å². The number of alkyl halides is 2. The molecule has 0 saturated carbocycles. The molecular weight excluding hydrogens is 362 g/mol. The average Bonchev–Trinajstić information content (AvgIpc) is 2.95. The molecule has 1 heterocycles. The number of carbonyl (C=O) groups excluding carboxylic acids is 2. The molecule has 2 amide bonds. The molecule has 0 atom stereocenters. The van der Waals surface area contributed by atoms with Gasteiger partial charge in [0.05, 0.1) is 10.6 Å². The highest BCUT2D eigenvalue weighted by Crippen LogP contribution is 2.36. The Morgan fingerprint density at radius 2 is 2.12 bits per heavy atom. The highest BCUT2D eigenvalue weighted by atomic mass is 35.5. The van der Waals surface area contributed by atoms with Gasteiger partial charge in [0.1, 0.15) is 5.69 Å². The topological polar surface area (TPSA) is 107 Å². The predicted octanol–water partition coefficient (Wildman–Crippen LogP) is 1.25. The molecule has 12 heteroatoms. The maximum Gasteiger partial charge on any atom is 0.387 e. The lowest BCUT2D eigenvalue weighted by atomic mass is 10.1. The van der Waals surface area contributed by atoms with Crippen molar-refractivity contribution in [2.24, 2.45) is 5.10 Å². The summed E-state index contributed by atoms with van der Waals surface area (Å²) in [7, 11) is 1.59. The van der Waals surface area contributed by atoms with Crippen LogP contribution in [0, 0.1) is 0 Å². The number of hydrogen-bond donors (Lipinski definition) is 4. The number of nitrogens with one attached hydrogen (secondary N) is 4. The van der Waals surface area contributed by atoms with Crippen LogP contribution in [-0.2, 0) is 4.79 Å². The van der Waals surface area contributed by atoms with Gasteiger partial charge in [0.15, 0.2) is 5.75 Å². The zero-order valence-corrected chi connectivity index (χ0v) is 13.9. The summed E-state index contributed by atoms with van der Waals surface area (Å²) in [6.07, 6.45) is 0.0831. The van der Waals surface area contributed by atoms with E-state index < -0.39 is 18.4 Å². The zero-order valence-electron chi connectivity index (χ0n) is 13.2. The van der Waals surface area contributed by atoms with Crippen LogP contribution in [0.4, 0.5) is 14.5 Å². The molecule has 0 saturated heterocycles. The third-order valence-corrected chi connectivity index (χ3v) is 3.47. The molecule has 136 valence electrons. The zero-order chi connectivity index (χ0) is 18.6. The first-order valence-electron chi connectivity index (χ1n) is 7.04.